The van der Waals surface area contributed by atoms with Gasteiger partial charge in [0.05, 0.1) is 0 Å². The standard InChI is InChI=1S/C14H25F3N2/c1-11(5-4-8-14(15,16)17)18-12-7-10-19-9-3-2-6-13(12)19/h11-13,18H,2-10H2,1H3. The monoisotopic (exact) mass is 278 g/mol. The van der Waals surface area contributed by atoms with Crippen LogP contribution in [0.15, 0.2) is 0 Å². The van der Waals surface area contributed by atoms with Crippen molar-refractivity contribution in [1.29, 1.82) is 0 Å². The van der Waals surface area contributed by atoms with E-state index in [4.69, 9.17) is 0 Å². The van der Waals surface area contributed by atoms with Crippen molar-refractivity contribution < 1.29 is 13.2 Å². The zero-order chi connectivity index (χ0) is 13.9. The van der Waals surface area contributed by atoms with E-state index in [1.54, 1.807) is 0 Å². The number of halogens is 3. The number of hydrogen-bond donors (Lipinski definition) is 1. The van der Waals surface area contributed by atoms with Gasteiger partial charge < -0.3 is 5.32 Å². The number of alkyl halides is 3. The Kier molecular flexibility index (Phi) is 5.12. The first-order valence-electron chi connectivity index (χ1n) is 7.52. The predicted octanol–water partition coefficient (Wildman–Crippen LogP) is 3.32. The van der Waals surface area contributed by atoms with Crippen molar-refractivity contribution in [2.75, 3.05) is 13.1 Å². The number of nitrogens with zero attached hydrogens (tertiary/aromatic N) is 1. The molecule has 0 aromatic carbocycles. The maximum atomic E-state index is 12.1. The summed E-state index contributed by atoms with van der Waals surface area (Å²) in [6.45, 7) is 4.37. The molecule has 0 amide bonds. The maximum absolute atomic E-state index is 12.1. The topological polar surface area (TPSA) is 15.3 Å². The predicted molar refractivity (Wildman–Crippen MR) is 70.1 cm³/mol. The van der Waals surface area contributed by atoms with Crippen LogP contribution in [-0.4, -0.2) is 42.3 Å². The van der Waals surface area contributed by atoms with Crippen molar-refractivity contribution in [2.45, 2.75) is 76.2 Å². The molecule has 2 saturated heterocycles. The minimum Gasteiger partial charge on any atom is -0.310 e. The Hall–Kier alpha value is -0.290. The number of rotatable bonds is 5. The molecule has 0 bridgehead atoms. The fraction of sp³-hybridized carbons (Fsp3) is 1.00. The van der Waals surface area contributed by atoms with Crippen LogP contribution in [0.2, 0.25) is 0 Å². The van der Waals surface area contributed by atoms with Crippen LogP contribution in [0.5, 0.6) is 0 Å². The Labute approximate surface area is 113 Å². The summed E-state index contributed by atoms with van der Waals surface area (Å²) in [6.07, 6.45) is 1.17. The van der Waals surface area contributed by atoms with E-state index in [1.807, 2.05) is 6.92 Å². The summed E-state index contributed by atoms with van der Waals surface area (Å²) in [7, 11) is 0. The summed E-state index contributed by atoms with van der Waals surface area (Å²) in [6, 6.07) is 1.30. The van der Waals surface area contributed by atoms with Crippen LogP contribution in [0.25, 0.3) is 0 Å². The molecule has 2 rings (SSSR count). The lowest BCUT2D eigenvalue weighted by Crippen LogP contribution is -2.47. The van der Waals surface area contributed by atoms with Crippen molar-refractivity contribution in [3.05, 3.63) is 0 Å². The number of nitrogens with one attached hydrogen (secondary N) is 1. The van der Waals surface area contributed by atoms with E-state index in [0.717, 1.165) is 13.0 Å². The van der Waals surface area contributed by atoms with Gasteiger partial charge in [0.1, 0.15) is 0 Å². The molecule has 0 saturated carbocycles. The van der Waals surface area contributed by atoms with Crippen LogP contribution >= 0.6 is 0 Å². The summed E-state index contributed by atoms with van der Waals surface area (Å²) in [5, 5.41) is 3.56. The summed E-state index contributed by atoms with van der Waals surface area (Å²) in [5.74, 6) is 0. The van der Waals surface area contributed by atoms with Crippen molar-refractivity contribution in [1.82, 2.24) is 10.2 Å². The molecule has 3 unspecified atom stereocenters. The van der Waals surface area contributed by atoms with Gasteiger partial charge >= 0.3 is 6.18 Å². The lowest BCUT2D eigenvalue weighted by atomic mass is 9.98. The average Bonchev–Trinajstić information content (AvgIpc) is 2.71. The van der Waals surface area contributed by atoms with Gasteiger partial charge in [-0.2, -0.15) is 13.2 Å². The van der Waals surface area contributed by atoms with Gasteiger partial charge in [-0.3, -0.25) is 4.90 Å². The van der Waals surface area contributed by atoms with Gasteiger partial charge in [0.15, 0.2) is 0 Å². The molecule has 0 radical (unpaired) electrons. The van der Waals surface area contributed by atoms with Crippen LogP contribution < -0.4 is 5.32 Å². The molecule has 2 aliphatic rings. The number of piperidine rings is 1. The highest BCUT2D eigenvalue weighted by atomic mass is 19.4. The molecule has 2 nitrogen and oxygen atoms in total. The van der Waals surface area contributed by atoms with Gasteiger partial charge in [0.2, 0.25) is 0 Å². The molecule has 2 aliphatic heterocycles. The molecule has 0 aliphatic carbocycles. The zero-order valence-corrected chi connectivity index (χ0v) is 11.7. The third-order valence-electron chi connectivity index (χ3n) is 4.45. The van der Waals surface area contributed by atoms with Crippen molar-refractivity contribution in [3.8, 4) is 0 Å². The molecule has 19 heavy (non-hydrogen) atoms. The van der Waals surface area contributed by atoms with Crippen LogP contribution in [0.1, 0.15) is 51.9 Å². The first-order chi connectivity index (χ1) is 8.96. The van der Waals surface area contributed by atoms with Crippen molar-refractivity contribution >= 4 is 0 Å². The molecule has 112 valence electrons. The zero-order valence-electron chi connectivity index (χ0n) is 11.7. The van der Waals surface area contributed by atoms with E-state index < -0.39 is 12.6 Å². The Morgan fingerprint density at radius 3 is 2.74 bits per heavy atom. The molecule has 0 spiro atoms. The fourth-order valence-electron chi connectivity index (χ4n) is 3.50. The Balaban J connectivity index is 1.69. The Morgan fingerprint density at radius 1 is 1.21 bits per heavy atom. The van der Waals surface area contributed by atoms with Crippen LogP contribution in [0.3, 0.4) is 0 Å². The largest absolute Gasteiger partial charge is 0.389 e. The average molecular weight is 278 g/mol. The minimum absolute atomic E-state index is 0.189. The molecule has 2 heterocycles. The lowest BCUT2D eigenvalue weighted by molar-refractivity contribution is -0.135. The van der Waals surface area contributed by atoms with Gasteiger partial charge in [-0.05, 0) is 45.6 Å². The molecule has 5 heteroatoms. The second-order valence-electron chi connectivity index (χ2n) is 6.07. The second-order valence-corrected chi connectivity index (χ2v) is 6.07. The van der Waals surface area contributed by atoms with E-state index in [-0.39, 0.29) is 12.5 Å². The van der Waals surface area contributed by atoms with E-state index in [0.29, 0.717) is 18.5 Å². The molecule has 3 atom stereocenters. The van der Waals surface area contributed by atoms with Gasteiger partial charge in [-0.25, -0.2) is 0 Å². The molecule has 0 aromatic rings. The highest BCUT2D eigenvalue weighted by molar-refractivity contribution is 4.94. The smallest absolute Gasteiger partial charge is 0.310 e. The van der Waals surface area contributed by atoms with E-state index in [1.165, 1.54) is 25.8 Å². The second kappa shape index (κ2) is 6.44. The molecule has 0 aromatic heterocycles. The van der Waals surface area contributed by atoms with Crippen molar-refractivity contribution in [3.63, 3.8) is 0 Å². The quantitative estimate of drug-likeness (QED) is 0.830. The molecule has 2 fully saturated rings. The lowest BCUT2D eigenvalue weighted by Gasteiger charge is -2.33. The fourth-order valence-corrected chi connectivity index (χ4v) is 3.50. The molecular formula is C14H25F3N2. The normalized spacial score (nSPS) is 30.3. The van der Waals surface area contributed by atoms with Gasteiger partial charge in [-0.1, -0.05) is 6.42 Å². The Morgan fingerprint density at radius 2 is 2.00 bits per heavy atom. The maximum Gasteiger partial charge on any atom is 0.389 e. The van der Waals surface area contributed by atoms with Crippen LogP contribution in [0.4, 0.5) is 13.2 Å². The van der Waals surface area contributed by atoms with Gasteiger partial charge in [0.25, 0.3) is 0 Å². The first kappa shape index (κ1) is 15.1. The highest BCUT2D eigenvalue weighted by Crippen LogP contribution is 2.28. The number of fused-ring (bicyclic) bond motifs is 1. The number of hydrogen-bond acceptors (Lipinski definition) is 2. The third-order valence-corrected chi connectivity index (χ3v) is 4.45. The van der Waals surface area contributed by atoms with E-state index >= 15 is 0 Å². The van der Waals surface area contributed by atoms with Crippen molar-refractivity contribution in [2.24, 2.45) is 0 Å². The van der Waals surface area contributed by atoms with Crippen LogP contribution in [0, 0.1) is 0 Å². The highest BCUT2D eigenvalue weighted by Gasteiger charge is 2.35. The SMILES string of the molecule is CC(CCCC(F)(F)F)NC1CCN2CCCCC12. The van der Waals surface area contributed by atoms with E-state index in [2.05, 4.69) is 10.2 Å². The Bertz CT molecular complexity index is 280. The summed E-state index contributed by atoms with van der Waals surface area (Å²) in [5.41, 5.74) is 0. The van der Waals surface area contributed by atoms with Crippen LogP contribution in [-0.2, 0) is 0 Å². The van der Waals surface area contributed by atoms with Gasteiger partial charge in [0, 0.05) is 31.1 Å². The molecular weight excluding hydrogens is 253 g/mol. The van der Waals surface area contributed by atoms with E-state index in [9.17, 15) is 13.2 Å². The minimum atomic E-state index is -4.01. The first-order valence-corrected chi connectivity index (χ1v) is 7.52. The molecule has 1 N–H and O–H groups in total. The summed E-state index contributed by atoms with van der Waals surface area (Å²) < 4.78 is 36.3. The summed E-state index contributed by atoms with van der Waals surface area (Å²) >= 11 is 0. The third kappa shape index (κ3) is 4.63. The van der Waals surface area contributed by atoms with Gasteiger partial charge in [-0.15, -0.1) is 0 Å². The summed E-state index contributed by atoms with van der Waals surface area (Å²) in [4.78, 5) is 2.55.